The van der Waals surface area contributed by atoms with Crippen molar-refractivity contribution >= 4 is 35.6 Å². The Labute approximate surface area is 194 Å². The van der Waals surface area contributed by atoms with E-state index >= 15 is 0 Å². The number of benzene rings is 1. The number of guanidine groups is 1. The minimum atomic E-state index is -0.403. The Morgan fingerprint density at radius 1 is 1.20 bits per heavy atom. The number of methoxy groups -OCH3 is 1. The van der Waals surface area contributed by atoms with E-state index in [4.69, 9.17) is 4.74 Å². The van der Waals surface area contributed by atoms with Crippen molar-refractivity contribution in [2.24, 2.45) is 4.99 Å². The molecule has 1 aromatic heterocycles. The average Bonchev–Trinajstić information content (AvgIpc) is 3.03. The minimum Gasteiger partial charge on any atom is -0.385 e. The summed E-state index contributed by atoms with van der Waals surface area (Å²) in [6.07, 6.45) is 1.79. The van der Waals surface area contributed by atoms with Gasteiger partial charge in [-0.2, -0.15) is 5.10 Å². The molecule has 0 atom stereocenters. The molecule has 166 valence electrons. The van der Waals surface area contributed by atoms with Crippen LogP contribution < -0.4 is 10.6 Å². The van der Waals surface area contributed by atoms with E-state index in [1.54, 1.807) is 19.2 Å². The van der Waals surface area contributed by atoms with Gasteiger partial charge in [-0.15, -0.1) is 24.0 Å². The molecule has 0 bridgehead atoms. The number of non-ortho nitro benzene ring substituents is 1. The highest BCUT2D eigenvalue weighted by atomic mass is 127. The highest BCUT2D eigenvalue weighted by molar-refractivity contribution is 14.0. The van der Waals surface area contributed by atoms with Crippen LogP contribution in [0.4, 0.5) is 5.69 Å². The second-order valence-electron chi connectivity index (χ2n) is 6.79. The predicted octanol–water partition coefficient (Wildman–Crippen LogP) is 3.19. The largest absolute Gasteiger partial charge is 0.385 e. The summed E-state index contributed by atoms with van der Waals surface area (Å²) < 4.78 is 7.09. The number of nitrogens with one attached hydrogen (secondary N) is 2. The Balaban J connectivity index is 0.00000450. The molecule has 1 heterocycles. The number of nitro benzene ring substituents is 1. The Hall–Kier alpha value is -2.21. The van der Waals surface area contributed by atoms with Crippen molar-refractivity contribution in [3.8, 4) is 0 Å². The van der Waals surface area contributed by atoms with Crippen molar-refractivity contribution in [2.45, 2.75) is 39.8 Å². The molecule has 0 saturated heterocycles. The third-order valence-electron chi connectivity index (χ3n) is 4.33. The zero-order chi connectivity index (χ0) is 21.1. The van der Waals surface area contributed by atoms with Gasteiger partial charge in [0.2, 0.25) is 0 Å². The predicted molar refractivity (Wildman–Crippen MR) is 128 cm³/mol. The summed E-state index contributed by atoms with van der Waals surface area (Å²) in [4.78, 5) is 15.0. The van der Waals surface area contributed by atoms with Crippen LogP contribution >= 0.6 is 24.0 Å². The van der Waals surface area contributed by atoms with Crippen molar-refractivity contribution in [1.82, 2.24) is 20.4 Å². The van der Waals surface area contributed by atoms with Crippen molar-refractivity contribution in [1.29, 1.82) is 0 Å². The number of halogens is 1. The van der Waals surface area contributed by atoms with Crippen LogP contribution in [0.1, 0.15) is 29.8 Å². The standard InChI is InChI=1S/C20H30N6O3.HI/c1-16-14-17(2)25(24-16)12-4-10-21-20(22-11-5-13-29-3)23-15-18-6-8-19(9-7-18)26(27)28;/h6-9,14H,4-5,10-13,15H2,1-3H3,(H2,21,22,23);1H. The maximum atomic E-state index is 10.8. The van der Waals surface area contributed by atoms with E-state index in [0.29, 0.717) is 19.1 Å². The number of ether oxygens (including phenoxy) is 1. The number of hydrogen-bond acceptors (Lipinski definition) is 5. The molecule has 0 saturated carbocycles. The number of nitro groups is 1. The second kappa shape index (κ2) is 13.9. The van der Waals surface area contributed by atoms with Crippen molar-refractivity contribution in [3.05, 3.63) is 57.4 Å². The van der Waals surface area contributed by atoms with Gasteiger partial charge in [-0.25, -0.2) is 4.99 Å². The maximum absolute atomic E-state index is 10.8. The molecule has 0 radical (unpaired) electrons. The Morgan fingerprint density at radius 3 is 2.43 bits per heavy atom. The fraction of sp³-hybridized carbons (Fsp3) is 0.500. The summed E-state index contributed by atoms with van der Waals surface area (Å²) in [5, 5.41) is 21.9. The molecule has 1 aromatic carbocycles. The van der Waals surface area contributed by atoms with Crippen LogP contribution in [0.2, 0.25) is 0 Å². The number of aryl methyl sites for hydroxylation is 3. The van der Waals surface area contributed by atoms with Gasteiger partial charge in [-0.05, 0) is 38.3 Å². The fourth-order valence-electron chi connectivity index (χ4n) is 2.83. The van der Waals surface area contributed by atoms with Gasteiger partial charge < -0.3 is 15.4 Å². The number of rotatable bonds is 11. The lowest BCUT2D eigenvalue weighted by molar-refractivity contribution is -0.384. The Morgan fingerprint density at radius 2 is 1.87 bits per heavy atom. The van der Waals surface area contributed by atoms with E-state index < -0.39 is 4.92 Å². The normalized spacial score (nSPS) is 11.1. The molecular weight excluding hydrogens is 499 g/mol. The molecule has 9 nitrogen and oxygen atoms in total. The summed E-state index contributed by atoms with van der Waals surface area (Å²) in [7, 11) is 1.68. The number of nitrogens with zero attached hydrogens (tertiary/aromatic N) is 4. The monoisotopic (exact) mass is 530 g/mol. The van der Waals surface area contributed by atoms with E-state index in [9.17, 15) is 10.1 Å². The van der Waals surface area contributed by atoms with E-state index in [-0.39, 0.29) is 29.7 Å². The summed E-state index contributed by atoms with van der Waals surface area (Å²) in [6.45, 7) is 7.52. The van der Waals surface area contributed by atoms with Gasteiger partial charge in [0.1, 0.15) is 0 Å². The Bertz CT molecular complexity index is 807. The summed E-state index contributed by atoms with van der Waals surface area (Å²) >= 11 is 0. The van der Waals surface area contributed by atoms with Crippen molar-refractivity contribution in [3.63, 3.8) is 0 Å². The van der Waals surface area contributed by atoms with Gasteiger partial charge in [0, 0.05) is 51.2 Å². The lowest BCUT2D eigenvalue weighted by atomic mass is 10.2. The molecule has 0 aliphatic heterocycles. The Kier molecular flexibility index (Phi) is 12.0. The third-order valence-corrected chi connectivity index (χ3v) is 4.33. The highest BCUT2D eigenvalue weighted by Crippen LogP contribution is 2.12. The fourth-order valence-corrected chi connectivity index (χ4v) is 2.83. The van der Waals surface area contributed by atoms with E-state index in [1.807, 2.05) is 11.6 Å². The number of aliphatic imine (C=N–C) groups is 1. The average molecular weight is 530 g/mol. The molecule has 2 aromatic rings. The molecular formula is C20H31IN6O3. The van der Waals surface area contributed by atoms with Crippen LogP contribution in [0.15, 0.2) is 35.3 Å². The maximum Gasteiger partial charge on any atom is 0.269 e. The first-order chi connectivity index (χ1) is 14.0. The van der Waals surface area contributed by atoms with E-state index in [1.165, 1.54) is 12.1 Å². The van der Waals surface area contributed by atoms with Crippen LogP contribution in [-0.2, 0) is 17.8 Å². The molecule has 0 unspecified atom stereocenters. The SMILES string of the molecule is COCCCNC(=NCc1ccc([N+](=O)[O-])cc1)NCCCn1nc(C)cc1C.I. The summed E-state index contributed by atoms with van der Waals surface area (Å²) in [6, 6.07) is 8.53. The molecule has 0 aliphatic carbocycles. The van der Waals surface area contributed by atoms with Crippen molar-refractivity contribution < 1.29 is 9.66 Å². The van der Waals surface area contributed by atoms with Gasteiger partial charge in [0.05, 0.1) is 17.2 Å². The molecule has 10 heteroatoms. The first kappa shape index (κ1) is 25.8. The van der Waals surface area contributed by atoms with Gasteiger partial charge in [0.25, 0.3) is 5.69 Å². The topological polar surface area (TPSA) is 107 Å². The summed E-state index contributed by atoms with van der Waals surface area (Å²) in [5.41, 5.74) is 3.18. The summed E-state index contributed by atoms with van der Waals surface area (Å²) in [5.74, 6) is 0.716. The zero-order valence-electron chi connectivity index (χ0n) is 17.8. The van der Waals surface area contributed by atoms with E-state index in [2.05, 4.69) is 33.7 Å². The first-order valence-corrected chi connectivity index (χ1v) is 9.75. The minimum absolute atomic E-state index is 0. The molecule has 0 fully saturated rings. The van der Waals surface area contributed by atoms with Crippen molar-refractivity contribution in [2.75, 3.05) is 26.8 Å². The van der Waals surface area contributed by atoms with Crippen LogP contribution in [0, 0.1) is 24.0 Å². The molecule has 2 rings (SSSR count). The van der Waals surface area contributed by atoms with Crippen LogP contribution in [-0.4, -0.2) is 47.5 Å². The van der Waals surface area contributed by atoms with Gasteiger partial charge in [-0.3, -0.25) is 14.8 Å². The van der Waals surface area contributed by atoms with Gasteiger partial charge in [-0.1, -0.05) is 12.1 Å². The van der Waals surface area contributed by atoms with Crippen LogP contribution in [0.25, 0.3) is 0 Å². The van der Waals surface area contributed by atoms with E-state index in [0.717, 1.165) is 49.4 Å². The smallest absolute Gasteiger partial charge is 0.269 e. The molecule has 0 aliphatic rings. The van der Waals surface area contributed by atoms with Gasteiger partial charge >= 0.3 is 0 Å². The zero-order valence-corrected chi connectivity index (χ0v) is 20.1. The van der Waals surface area contributed by atoms with Crippen LogP contribution in [0.3, 0.4) is 0 Å². The number of hydrogen-bond donors (Lipinski definition) is 2. The van der Waals surface area contributed by atoms with Gasteiger partial charge in [0.15, 0.2) is 5.96 Å². The lowest BCUT2D eigenvalue weighted by Gasteiger charge is -2.13. The first-order valence-electron chi connectivity index (χ1n) is 9.75. The highest BCUT2D eigenvalue weighted by Gasteiger charge is 2.05. The molecule has 2 N–H and O–H groups in total. The molecule has 0 amide bonds. The second-order valence-corrected chi connectivity index (χ2v) is 6.79. The molecule has 30 heavy (non-hydrogen) atoms. The van der Waals surface area contributed by atoms with Crippen LogP contribution in [0.5, 0.6) is 0 Å². The third kappa shape index (κ3) is 9.08. The molecule has 0 spiro atoms. The lowest BCUT2D eigenvalue weighted by Crippen LogP contribution is -2.39. The quantitative estimate of drug-likeness (QED) is 0.116. The number of aromatic nitrogens is 2.